The molecule has 2 aliphatic heterocycles. The van der Waals surface area contributed by atoms with Crippen molar-refractivity contribution in [3.63, 3.8) is 0 Å². The van der Waals surface area contributed by atoms with Gasteiger partial charge in [-0.1, -0.05) is 23.9 Å². The number of thioether (sulfide) groups is 1. The molecule has 0 atom stereocenters. The highest BCUT2D eigenvalue weighted by Crippen LogP contribution is 2.28. The Labute approximate surface area is 149 Å². The summed E-state index contributed by atoms with van der Waals surface area (Å²) in [6, 6.07) is 7.64. The number of anilines is 2. The van der Waals surface area contributed by atoms with Crippen molar-refractivity contribution in [2.75, 3.05) is 42.1 Å². The van der Waals surface area contributed by atoms with Crippen molar-refractivity contribution < 1.29 is 9.59 Å². The molecule has 8 heteroatoms. The summed E-state index contributed by atoms with van der Waals surface area (Å²) in [5.74, 6) is 1.69. The van der Waals surface area contributed by atoms with Crippen LogP contribution in [0, 0.1) is 0 Å². The third kappa shape index (κ3) is 3.39. The molecule has 2 amide bonds. The van der Waals surface area contributed by atoms with E-state index in [9.17, 15) is 9.59 Å². The number of hydrogen-bond acceptors (Lipinski definition) is 6. The molecule has 0 unspecified atom stereocenters. The average molecular weight is 357 g/mol. The minimum Gasteiger partial charge on any atom is -0.354 e. The summed E-state index contributed by atoms with van der Waals surface area (Å²) in [5, 5.41) is 2.83. The van der Waals surface area contributed by atoms with Gasteiger partial charge in [-0.05, 0) is 25.0 Å². The number of para-hydroxylation sites is 2. The third-order valence-electron chi connectivity index (χ3n) is 4.39. The van der Waals surface area contributed by atoms with E-state index in [0.717, 1.165) is 42.7 Å². The number of aromatic nitrogens is 2. The third-order valence-corrected chi connectivity index (χ3v) is 5.29. The molecule has 1 aromatic carbocycles. The molecular weight excluding hydrogens is 338 g/mol. The maximum atomic E-state index is 12.4. The van der Waals surface area contributed by atoms with Gasteiger partial charge < -0.3 is 15.1 Å². The van der Waals surface area contributed by atoms with E-state index in [1.165, 1.54) is 11.8 Å². The van der Waals surface area contributed by atoms with Crippen molar-refractivity contribution in [1.82, 2.24) is 14.9 Å². The average Bonchev–Trinajstić information content (AvgIpc) is 3.27. The summed E-state index contributed by atoms with van der Waals surface area (Å²) in [6.07, 6.45) is 2.22. The number of hydrogen-bond donors (Lipinski definition) is 1. The highest BCUT2D eigenvalue weighted by molar-refractivity contribution is 8.13. The quantitative estimate of drug-likeness (QED) is 0.905. The molecule has 0 radical (unpaired) electrons. The van der Waals surface area contributed by atoms with Crippen LogP contribution in [0.15, 0.2) is 24.3 Å². The number of amides is 2. The van der Waals surface area contributed by atoms with Gasteiger partial charge in [-0.25, -0.2) is 9.97 Å². The van der Waals surface area contributed by atoms with Crippen LogP contribution in [0.5, 0.6) is 0 Å². The van der Waals surface area contributed by atoms with Crippen molar-refractivity contribution in [2.24, 2.45) is 0 Å². The molecule has 1 N–H and O–H groups in total. The van der Waals surface area contributed by atoms with Crippen LogP contribution in [0.4, 0.5) is 16.4 Å². The summed E-state index contributed by atoms with van der Waals surface area (Å²) in [7, 11) is 0. The first-order valence-corrected chi connectivity index (χ1v) is 9.42. The van der Waals surface area contributed by atoms with Crippen LogP contribution in [0.1, 0.15) is 12.8 Å². The zero-order valence-corrected chi connectivity index (χ0v) is 14.6. The Hall–Kier alpha value is -2.35. The van der Waals surface area contributed by atoms with Gasteiger partial charge in [0.2, 0.25) is 5.91 Å². The largest absolute Gasteiger partial charge is 0.354 e. The maximum absolute atomic E-state index is 12.4. The van der Waals surface area contributed by atoms with Crippen LogP contribution in [-0.4, -0.2) is 57.9 Å². The van der Waals surface area contributed by atoms with Gasteiger partial charge in [-0.3, -0.25) is 9.59 Å². The molecule has 2 saturated heterocycles. The van der Waals surface area contributed by atoms with Crippen molar-refractivity contribution >= 4 is 45.6 Å². The first-order chi connectivity index (χ1) is 12.2. The standard InChI is InChI=1S/C17H19N5O2S/c23-14(11-22-9-10-25-17(22)24)20-15-16(21-7-3-4-8-21)19-13-6-2-1-5-12(13)18-15/h1-2,5-6H,3-4,7-11H2,(H,18,20,23). The second-order valence-electron chi connectivity index (χ2n) is 6.16. The number of nitrogens with one attached hydrogen (secondary N) is 1. The lowest BCUT2D eigenvalue weighted by Gasteiger charge is -2.21. The maximum Gasteiger partial charge on any atom is 0.282 e. The van der Waals surface area contributed by atoms with Crippen molar-refractivity contribution in [2.45, 2.75) is 12.8 Å². The molecule has 130 valence electrons. The van der Waals surface area contributed by atoms with Gasteiger partial charge in [0.15, 0.2) is 11.6 Å². The van der Waals surface area contributed by atoms with Crippen LogP contribution < -0.4 is 10.2 Å². The molecule has 2 aromatic rings. The van der Waals surface area contributed by atoms with Crippen molar-refractivity contribution in [3.05, 3.63) is 24.3 Å². The Morgan fingerprint density at radius 3 is 2.52 bits per heavy atom. The monoisotopic (exact) mass is 357 g/mol. The van der Waals surface area contributed by atoms with Gasteiger partial charge in [-0.15, -0.1) is 0 Å². The topological polar surface area (TPSA) is 78.4 Å². The Kier molecular flexibility index (Phi) is 4.44. The number of carbonyl (C=O) groups is 2. The molecule has 25 heavy (non-hydrogen) atoms. The van der Waals surface area contributed by atoms with E-state index in [1.54, 1.807) is 4.90 Å². The first-order valence-electron chi connectivity index (χ1n) is 8.44. The van der Waals surface area contributed by atoms with E-state index in [-0.39, 0.29) is 17.7 Å². The number of carbonyl (C=O) groups excluding carboxylic acids is 2. The van der Waals surface area contributed by atoms with Crippen LogP contribution >= 0.6 is 11.8 Å². The number of nitrogens with zero attached hydrogens (tertiary/aromatic N) is 4. The Balaban J connectivity index is 1.61. The smallest absolute Gasteiger partial charge is 0.282 e. The molecule has 7 nitrogen and oxygen atoms in total. The van der Waals surface area contributed by atoms with Crippen LogP contribution in [0.3, 0.4) is 0 Å². The van der Waals surface area contributed by atoms with Crippen LogP contribution in [-0.2, 0) is 4.79 Å². The van der Waals surface area contributed by atoms with Gasteiger partial charge in [0.25, 0.3) is 5.24 Å². The molecule has 1 aromatic heterocycles. The minimum absolute atomic E-state index is 0.0421. The summed E-state index contributed by atoms with van der Waals surface area (Å²) >= 11 is 1.25. The predicted molar refractivity (Wildman–Crippen MR) is 99.0 cm³/mol. The zero-order valence-electron chi connectivity index (χ0n) is 13.8. The molecule has 0 bridgehead atoms. The molecule has 2 aliphatic rings. The van der Waals surface area contributed by atoms with Crippen LogP contribution in [0.25, 0.3) is 11.0 Å². The zero-order chi connectivity index (χ0) is 17.2. The van der Waals surface area contributed by atoms with E-state index in [2.05, 4.69) is 15.2 Å². The Morgan fingerprint density at radius 2 is 1.84 bits per heavy atom. The van der Waals surface area contributed by atoms with Gasteiger partial charge in [0.05, 0.1) is 11.0 Å². The second-order valence-corrected chi connectivity index (χ2v) is 7.21. The lowest BCUT2D eigenvalue weighted by molar-refractivity contribution is -0.116. The number of fused-ring (bicyclic) bond motifs is 1. The first kappa shape index (κ1) is 16.1. The lowest BCUT2D eigenvalue weighted by atomic mass is 10.3. The van der Waals surface area contributed by atoms with Gasteiger partial charge in [-0.2, -0.15) is 0 Å². The molecule has 0 aliphatic carbocycles. The fourth-order valence-corrected chi connectivity index (χ4v) is 3.96. The normalized spacial score (nSPS) is 17.5. The molecule has 3 heterocycles. The number of benzene rings is 1. The molecule has 4 rings (SSSR count). The summed E-state index contributed by atoms with van der Waals surface area (Å²) < 4.78 is 0. The molecule has 2 fully saturated rings. The highest BCUT2D eigenvalue weighted by Gasteiger charge is 2.25. The van der Waals surface area contributed by atoms with Gasteiger partial charge in [0, 0.05) is 25.4 Å². The van der Waals surface area contributed by atoms with E-state index < -0.39 is 0 Å². The van der Waals surface area contributed by atoms with Gasteiger partial charge >= 0.3 is 0 Å². The lowest BCUT2D eigenvalue weighted by Crippen LogP contribution is -2.34. The molecular formula is C17H19N5O2S. The number of rotatable bonds is 4. The molecule has 0 spiro atoms. The summed E-state index contributed by atoms with van der Waals surface area (Å²) in [4.78, 5) is 37.2. The Bertz CT molecular complexity index is 822. The second kappa shape index (κ2) is 6.87. The van der Waals surface area contributed by atoms with E-state index in [1.807, 2.05) is 24.3 Å². The fraction of sp³-hybridized carbons (Fsp3) is 0.412. The summed E-state index contributed by atoms with van der Waals surface area (Å²) in [6.45, 7) is 2.49. The summed E-state index contributed by atoms with van der Waals surface area (Å²) in [5.41, 5.74) is 1.56. The van der Waals surface area contributed by atoms with E-state index in [4.69, 9.17) is 4.98 Å². The van der Waals surface area contributed by atoms with Crippen molar-refractivity contribution in [3.8, 4) is 0 Å². The van der Waals surface area contributed by atoms with E-state index >= 15 is 0 Å². The predicted octanol–water partition coefficient (Wildman–Crippen LogP) is 2.34. The van der Waals surface area contributed by atoms with Crippen LogP contribution in [0.2, 0.25) is 0 Å². The van der Waals surface area contributed by atoms with Crippen molar-refractivity contribution in [1.29, 1.82) is 0 Å². The van der Waals surface area contributed by atoms with E-state index in [0.29, 0.717) is 18.2 Å². The Morgan fingerprint density at radius 1 is 1.12 bits per heavy atom. The highest BCUT2D eigenvalue weighted by atomic mass is 32.2. The minimum atomic E-state index is -0.235. The molecule has 0 saturated carbocycles. The van der Waals surface area contributed by atoms with Gasteiger partial charge in [0.1, 0.15) is 6.54 Å². The fourth-order valence-electron chi connectivity index (χ4n) is 3.14. The SMILES string of the molecule is O=C(CN1CCSC1=O)Nc1nc2ccccc2nc1N1CCCC1.